The third-order valence-corrected chi connectivity index (χ3v) is 5.34. The zero-order valence-corrected chi connectivity index (χ0v) is 16.7. The van der Waals surface area contributed by atoms with Crippen molar-refractivity contribution in [3.8, 4) is 5.69 Å². The Hall–Kier alpha value is -2.31. The van der Waals surface area contributed by atoms with Crippen LogP contribution in [0.5, 0.6) is 0 Å². The van der Waals surface area contributed by atoms with Crippen LogP contribution in [-0.2, 0) is 4.79 Å². The number of nitrogens with zero attached hydrogens (tertiary/aromatic N) is 2. The molecule has 0 aliphatic rings. The average molecular weight is 402 g/mol. The Balaban J connectivity index is 2.03. The minimum Gasteiger partial charge on any atom is -0.353 e. The third kappa shape index (κ3) is 4.51. The number of halogens is 1. The van der Waals surface area contributed by atoms with Gasteiger partial charge in [0.2, 0.25) is 5.91 Å². The summed E-state index contributed by atoms with van der Waals surface area (Å²) in [5.41, 5.74) is 1.04. The molecule has 3 aromatic rings. The van der Waals surface area contributed by atoms with Crippen molar-refractivity contribution < 1.29 is 4.79 Å². The number of fused-ring (bicyclic) bond motifs is 1. The lowest BCUT2D eigenvalue weighted by Crippen LogP contribution is -2.33. The van der Waals surface area contributed by atoms with Crippen LogP contribution >= 0.6 is 23.4 Å². The second kappa shape index (κ2) is 8.59. The molecule has 1 amide bonds. The summed E-state index contributed by atoms with van der Waals surface area (Å²) in [6.45, 7) is 3.97. The van der Waals surface area contributed by atoms with Crippen molar-refractivity contribution >= 4 is 40.2 Å². The van der Waals surface area contributed by atoms with Gasteiger partial charge in [-0.2, -0.15) is 0 Å². The molecule has 0 radical (unpaired) electrons. The molecule has 0 spiro atoms. The van der Waals surface area contributed by atoms with Crippen molar-refractivity contribution in [3.05, 3.63) is 63.9 Å². The fourth-order valence-electron chi connectivity index (χ4n) is 2.60. The Kier molecular flexibility index (Phi) is 6.19. The van der Waals surface area contributed by atoms with Crippen LogP contribution < -0.4 is 10.9 Å². The van der Waals surface area contributed by atoms with Gasteiger partial charge in [-0.05, 0) is 43.7 Å². The predicted molar refractivity (Wildman–Crippen MR) is 111 cm³/mol. The maximum atomic E-state index is 13.1. The topological polar surface area (TPSA) is 64.0 Å². The molecule has 5 nitrogen and oxygen atoms in total. The van der Waals surface area contributed by atoms with Gasteiger partial charge in [0, 0.05) is 11.1 Å². The molecule has 0 unspecified atom stereocenters. The van der Waals surface area contributed by atoms with Crippen LogP contribution in [0, 0.1) is 0 Å². The van der Waals surface area contributed by atoms with Crippen molar-refractivity contribution in [1.82, 2.24) is 14.9 Å². The van der Waals surface area contributed by atoms with E-state index in [2.05, 4.69) is 10.3 Å². The highest BCUT2D eigenvalue weighted by atomic mass is 35.5. The van der Waals surface area contributed by atoms with Gasteiger partial charge in [0.15, 0.2) is 5.16 Å². The third-order valence-electron chi connectivity index (χ3n) is 4.16. The molecule has 7 heteroatoms. The zero-order chi connectivity index (χ0) is 19.4. The van der Waals surface area contributed by atoms with Gasteiger partial charge in [0.1, 0.15) is 0 Å². The van der Waals surface area contributed by atoms with Crippen LogP contribution in [0.4, 0.5) is 0 Å². The molecule has 0 bridgehead atoms. The number of hydrogen-bond acceptors (Lipinski definition) is 4. The normalized spacial score (nSPS) is 12.1. The van der Waals surface area contributed by atoms with Crippen molar-refractivity contribution in [2.45, 2.75) is 31.5 Å². The molecule has 0 fully saturated rings. The summed E-state index contributed by atoms with van der Waals surface area (Å²) in [4.78, 5) is 29.9. The number of nitrogens with one attached hydrogen (secondary N) is 1. The standard InChI is InChI=1S/C20H20ClN3O2S/c1-3-13(2)22-18(25)12-27-20-23-17-10-5-4-9-16(17)19(26)24(20)15-8-6-7-14(21)11-15/h4-11,13H,3,12H2,1-2H3,(H,22,25)/t13-/m0/s1. The first-order valence-corrected chi connectivity index (χ1v) is 10.1. The number of rotatable bonds is 6. The average Bonchev–Trinajstić information content (AvgIpc) is 2.66. The molecule has 3 rings (SSSR count). The number of amides is 1. The first-order chi connectivity index (χ1) is 13.0. The quantitative estimate of drug-likeness (QED) is 0.500. The van der Waals surface area contributed by atoms with Crippen LogP contribution in [0.15, 0.2) is 58.5 Å². The number of carbonyl (C=O) groups is 1. The number of aromatic nitrogens is 2. The summed E-state index contributed by atoms with van der Waals surface area (Å²) in [5.74, 6) is 0.0878. The SMILES string of the molecule is CC[C@H](C)NC(=O)CSc1nc2ccccc2c(=O)n1-c1cccc(Cl)c1. The van der Waals surface area contributed by atoms with Crippen molar-refractivity contribution in [1.29, 1.82) is 0 Å². The number of carbonyl (C=O) groups excluding carboxylic acids is 1. The summed E-state index contributed by atoms with van der Waals surface area (Å²) in [5, 5.41) is 4.43. The summed E-state index contributed by atoms with van der Waals surface area (Å²) in [6, 6.07) is 14.3. The lowest BCUT2D eigenvalue weighted by Gasteiger charge is -2.14. The summed E-state index contributed by atoms with van der Waals surface area (Å²) < 4.78 is 1.51. The van der Waals surface area contributed by atoms with Crippen LogP contribution in [-0.4, -0.2) is 27.3 Å². The Morgan fingerprint density at radius 3 is 2.78 bits per heavy atom. The van der Waals surface area contributed by atoms with E-state index in [9.17, 15) is 9.59 Å². The molecule has 1 atom stereocenters. The molecule has 27 heavy (non-hydrogen) atoms. The zero-order valence-electron chi connectivity index (χ0n) is 15.1. The highest BCUT2D eigenvalue weighted by Crippen LogP contribution is 2.22. The van der Waals surface area contributed by atoms with E-state index in [-0.39, 0.29) is 23.3 Å². The molecule has 0 aliphatic carbocycles. The molecule has 0 saturated heterocycles. The molecule has 1 N–H and O–H groups in total. The van der Waals surface area contributed by atoms with E-state index < -0.39 is 0 Å². The Bertz CT molecular complexity index is 1040. The van der Waals surface area contributed by atoms with Gasteiger partial charge in [0.25, 0.3) is 5.56 Å². The highest BCUT2D eigenvalue weighted by molar-refractivity contribution is 7.99. The number of benzene rings is 2. The van der Waals surface area contributed by atoms with Gasteiger partial charge < -0.3 is 5.32 Å². The highest BCUT2D eigenvalue weighted by Gasteiger charge is 2.15. The van der Waals surface area contributed by atoms with Gasteiger partial charge in [-0.3, -0.25) is 14.2 Å². The minimum absolute atomic E-state index is 0.0885. The maximum Gasteiger partial charge on any atom is 0.266 e. The molecule has 0 saturated carbocycles. The number of hydrogen-bond donors (Lipinski definition) is 1. The van der Waals surface area contributed by atoms with E-state index in [1.807, 2.05) is 19.9 Å². The molecule has 1 heterocycles. The van der Waals surface area contributed by atoms with E-state index >= 15 is 0 Å². The first kappa shape index (κ1) is 19.5. The van der Waals surface area contributed by atoms with E-state index in [1.165, 1.54) is 16.3 Å². The number of thioether (sulfide) groups is 1. The molecular weight excluding hydrogens is 382 g/mol. The number of para-hydroxylation sites is 1. The van der Waals surface area contributed by atoms with E-state index in [0.717, 1.165) is 6.42 Å². The van der Waals surface area contributed by atoms with Crippen molar-refractivity contribution in [2.75, 3.05) is 5.75 Å². The molecule has 1 aromatic heterocycles. The van der Waals surface area contributed by atoms with E-state index in [1.54, 1.807) is 42.5 Å². The van der Waals surface area contributed by atoms with Gasteiger partial charge in [-0.1, -0.05) is 48.5 Å². The predicted octanol–water partition coefficient (Wildman–Crippen LogP) is 4.05. The molecular formula is C20H20ClN3O2S. The Morgan fingerprint density at radius 2 is 2.04 bits per heavy atom. The lowest BCUT2D eigenvalue weighted by molar-refractivity contribution is -0.119. The lowest BCUT2D eigenvalue weighted by atomic mass is 10.2. The van der Waals surface area contributed by atoms with Crippen LogP contribution in [0.25, 0.3) is 16.6 Å². The van der Waals surface area contributed by atoms with Crippen LogP contribution in [0.1, 0.15) is 20.3 Å². The molecule has 140 valence electrons. The van der Waals surface area contributed by atoms with Crippen LogP contribution in [0.3, 0.4) is 0 Å². The molecule has 0 aliphatic heterocycles. The minimum atomic E-state index is -0.187. The monoisotopic (exact) mass is 401 g/mol. The fourth-order valence-corrected chi connectivity index (χ4v) is 3.61. The van der Waals surface area contributed by atoms with Crippen LogP contribution in [0.2, 0.25) is 5.02 Å². The Morgan fingerprint density at radius 1 is 1.26 bits per heavy atom. The van der Waals surface area contributed by atoms with Gasteiger partial charge in [-0.25, -0.2) is 4.98 Å². The second-order valence-electron chi connectivity index (χ2n) is 6.20. The van der Waals surface area contributed by atoms with E-state index in [4.69, 9.17) is 11.6 Å². The van der Waals surface area contributed by atoms with Gasteiger partial charge >= 0.3 is 0 Å². The van der Waals surface area contributed by atoms with E-state index in [0.29, 0.717) is 26.8 Å². The van der Waals surface area contributed by atoms with Crippen molar-refractivity contribution in [3.63, 3.8) is 0 Å². The Labute approximate surface area is 166 Å². The first-order valence-electron chi connectivity index (χ1n) is 8.69. The maximum absolute atomic E-state index is 13.1. The van der Waals surface area contributed by atoms with Crippen molar-refractivity contribution in [2.24, 2.45) is 0 Å². The summed E-state index contributed by atoms with van der Waals surface area (Å²) >= 11 is 7.35. The van der Waals surface area contributed by atoms with Gasteiger partial charge in [0.05, 0.1) is 22.3 Å². The largest absolute Gasteiger partial charge is 0.353 e. The van der Waals surface area contributed by atoms with Gasteiger partial charge in [-0.15, -0.1) is 0 Å². The summed E-state index contributed by atoms with van der Waals surface area (Å²) in [7, 11) is 0. The molecule has 2 aromatic carbocycles. The second-order valence-corrected chi connectivity index (χ2v) is 7.58. The smallest absolute Gasteiger partial charge is 0.266 e. The summed E-state index contributed by atoms with van der Waals surface area (Å²) in [6.07, 6.45) is 0.859. The fraction of sp³-hybridized carbons (Fsp3) is 0.250.